The molecule has 0 amide bonds. The number of nitrogens with one attached hydrogen (secondary N) is 1. The Labute approximate surface area is 189 Å². The second-order valence-electron chi connectivity index (χ2n) is 8.33. The summed E-state index contributed by atoms with van der Waals surface area (Å²) in [5.74, 6) is -0.0717. The van der Waals surface area contributed by atoms with Crippen LogP contribution in [0.2, 0.25) is 0 Å². The molecule has 33 heavy (non-hydrogen) atoms. The molecule has 0 unspecified atom stereocenters. The molecule has 0 spiro atoms. The largest absolute Gasteiger partial charge is 0.411 e. The lowest BCUT2D eigenvalue weighted by molar-refractivity contribution is 0.161. The molecule has 2 aromatic carbocycles. The Morgan fingerprint density at radius 2 is 2.00 bits per heavy atom. The van der Waals surface area contributed by atoms with Gasteiger partial charge in [0.05, 0.1) is 16.8 Å². The van der Waals surface area contributed by atoms with Crippen LogP contribution >= 0.6 is 0 Å². The smallest absolute Gasteiger partial charge is 0.240 e. The molecule has 3 heterocycles. The van der Waals surface area contributed by atoms with Crippen molar-refractivity contribution >= 4 is 31.9 Å². The second kappa shape index (κ2) is 8.73. The van der Waals surface area contributed by atoms with Gasteiger partial charge >= 0.3 is 0 Å². The van der Waals surface area contributed by atoms with Gasteiger partial charge in [0.2, 0.25) is 10.0 Å². The summed E-state index contributed by atoms with van der Waals surface area (Å²) in [5, 5.41) is 19.1. The number of sulfonamides is 1. The first-order chi connectivity index (χ1) is 15.9. The van der Waals surface area contributed by atoms with Crippen LogP contribution in [-0.4, -0.2) is 59.8 Å². The van der Waals surface area contributed by atoms with Crippen LogP contribution in [0.5, 0.6) is 0 Å². The monoisotopic (exact) mass is 473 g/mol. The van der Waals surface area contributed by atoms with Gasteiger partial charge in [0.15, 0.2) is 5.58 Å². The first kappa shape index (κ1) is 21.8. The number of nitrogens with zero attached hydrogens (tertiary/aromatic N) is 4. The van der Waals surface area contributed by atoms with Crippen LogP contribution in [-0.2, 0) is 10.0 Å². The lowest BCUT2D eigenvalue weighted by Crippen LogP contribution is -2.35. The van der Waals surface area contributed by atoms with E-state index in [2.05, 4.69) is 19.9 Å². The fourth-order valence-electron chi connectivity index (χ4n) is 4.40. The van der Waals surface area contributed by atoms with E-state index >= 15 is 0 Å². The minimum atomic E-state index is -3.68. The molecule has 1 aliphatic rings. The number of hydrogen-bond donors (Lipinski definition) is 2. The van der Waals surface area contributed by atoms with E-state index in [0.717, 1.165) is 43.6 Å². The maximum absolute atomic E-state index is 13.4. The van der Waals surface area contributed by atoms with Crippen molar-refractivity contribution in [3.05, 3.63) is 54.1 Å². The van der Waals surface area contributed by atoms with E-state index in [1.54, 1.807) is 12.1 Å². The van der Waals surface area contributed by atoms with Crippen LogP contribution in [0.25, 0.3) is 21.9 Å². The van der Waals surface area contributed by atoms with Gasteiger partial charge in [-0.3, -0.25) is 0 Å². The number of halogens is 1. The summed E-state index contributed by atoms with van der Waals surface area (Å²) in [7, 11) is -3.68. The third-order valence-electron chi connectivity index (χ3n) is 6.21. The fraction of sp³-hybridized carbons (Fsp3) is 0.364. The molecule has 4 aromatic rings. The van der Waals surface area contributed by atoms with E-state index < -0.39 is 10.0 Å². The molecule has 1 saturated heterocycles. The number of benzene rings is 2. The van der Waals surface area contributed by atoms with Crippen molar-refractivity contribution in [2.75, 3.05) is 26.2 Å². The highest BCUT2D eigenvalue weighted by Gasteiger charge is 2.25. The van der Waals surface area contributed by atoms with Gasteiger partial charge < -0.3 is 14.6 Å². The third-order valence-corrected chi connectivity index (χ3v) is 7.67. The highest BCUT2D eigenvalue weighted by molar-refractivity contribution is 7.89. The highest BCUT2D eigenvalue weighted by Crippen LogP contribution is 2.32. The van der Waals surface area contributed by atoms with Crippen molar-refractivity contribution < 1.29 is 22.5 Å². The van der Waals surface area contributed by atoms with Gasteiger partial charge in [-0.2, -0.15) is 0 Å². The Balaban J connectivity index is 1.11. The van der Waals surface area contributed by atoms with Crippen LogP contribution in [0.4, 0.5) is 4.39 Å². The van der Waals surface area contributed by atoms with Crippen molar-refractivity contribution in [1.29, 1.82) is 0 Å². The number of hydrogen-bond acceptors (Lipinski definition) is 7. The highest BCUT2D eigenvalue weighted by atomic mass is 32.2. The minimum absolute atomic E-state index is 0.0892. The zero-order chi connectivity index (χ0) is 23.0. The van der Waals surface area contributed by atoms with Crippen molar-refractivity contribution in [3.8, 4) is 0 Å². The second-order valence-corrected chi connectivity index (χ2v) is 10.1. The van der Waals surface area contributed by atoms with E-state index in [1.165, 1.54) is 30.5 Å². The molecule has 2 aromatic heterocycles. The average Bonchev–Trinajstić information content (AvgIpc) is 3.40. The first-order valence-corrected chi connectivity index (χ1v) is 12.3. The molecule has 2 N–H and O–H groups in total. The van der Waals surface area contributed by atoms with E-state index in [1.807, 2.05) is 0 Å². The van der Waals surface area contributed by atoms with Gasteiger partial charge in [0, 0.05) is 29.3 Å². The van der Waals surface area contributed by atoms with Gasteiger partial charge in [-0.25, -0.2) is 17.5 Å². The number of aromatic nitrogens is 3. The summed E-state index contributed by atoms with van der Waals surface area (Å²) in [5.41, 5.74) is 1.70. The molecular weight excluding hydrogens is 449 g/mol. The van der Waals surface area contributed by atoms with E-state index in [-0.39, 0.29) is 16.6 Å². The van der Waals surface area contributed by atoms with E-state index in [4.69, 9.17) is 4.52 Å². The first-order valence-electron chi connectivity index (χ1n) is 10.8. The SMILES string of the molecule is O=S(=O)(NCCCN1CCC(c2noc3cc(F)ccc23)CC1)c1ccc2cnn(O)c2c1. The Hall–Kier alpha value is -3.02. The van der Waals surface area contributed by atoms with Crippen LogP contribution < -0.4 is 4.72 Å². The molecule has 0 saturated carbocycles. The molecule has 1 aliphatic heterocycles. The molecule has 0 bridgehead atoms. The van der Waals surface area contributed by atoms with Crippen molar-refractivity contribution in [2.24, 2.45) is 0 Å². The van der Waals surface area contributed by atoms with Gasteiger partial charge in [-0.05, 0) is 69.2 Å². The van der Waals surface area contributed by atoms with E-state index in [9.17, 15) is 18.0 Å². The summed E-state index contributed by atoms with van der Waals surface area (Å²) < 4.78 is 46.5. The average molecular weight is 474 g/mol. The summed E-state index contributed by atoms with van der Waals surface area (Å²) in [6.45, 7) is 2.86. The van der Waals surface area contributed by atoms with Crippen molar-refractivity contribution in [3.63, 3.8) is 0 Å². The molecule has 174 valence electrons. The summed E-state index contributed by atoms with van der Waals surface area (Å²) in [4.78, 5) is 3.06. The predicted molar refractivity (Wildman–Crippen MR) is 119 cm³/mol. The van der Waals surface area contributed by atoms with Crippen LogP contribution in [0.3, 0.4) is 0 Å². The van der Waals surface area contributed by atoms with Gasteiger partial charge in [-0.15, -0.1) is 9.94 Å². The quantitative estimate of drug-likeness (QED) is 0.313. The van der Waals surface area contributed by atoms with Gasteiger partial charge in [0.25, 0.3) is 0 Å². The maximum Gasteiger partial charge on any atom is 0.240 e. The number of piperidine rings is 1. The van der Waals surface area contributed by atoms with Crippen LogP contribution in [0, 0.1) is 5.82 Å². The lowest BCUT2D eigenvalue weighted by Gasteiger charge is -2.31. The van der Waals surface area contributed by atoms with Gasteiger partial charge in [-0.1, -0.05) is 5.16 Å². The predicted octanol–water partition coefficient (Wildman–Crippen LogP) is 3.10. The molecular formula is C22H24FN5O4S. The number of rotatable bonds is 7. The van der Waals surface area contributed by atoms with Crippen LogP contribution in [0.1, 0.15) is 30.9 Å². The summed E-state index contributed by atoms with van der Waals surface area (Å²) in [6.07, 6.45) is 3.97. The normalized spacial score (nSPS) is 16.2. The number of likely N-dealkylation sites (tertiary alicyclic amines) is 1. The zero-order valence-corrected chi connectivity index (χ0v) is 18.6. The molecule has 11 heteroatoms. The maximum atomic E-state index is 13.4. The van der Waals surface area contributed by atoms with Crippen molar-refractivity contribution in [2.45, 2.75) is 30.1 Å². The Morgan fingerprint density at radius 3 is 2.82 bits per heavy atom. The van der Waals surface area contributed by atoms with E-state index in [0.29, 0.717) is 34.3 Å². The lowest BCUT2D eigenvalue weighted by atomic mass is 9.91. The fourth-order valence-corrected chi connectivity index (χ4v) is 5.49. The minimum Gasteiger partial charge on any atom is -0.411 e. The molecule has 0 radical (unpaired) electrons. The molecule has 5 rings (SSSR count). The molecule has 0 aliphatic carbocycles. The van der Waals surface area contributed by atoms with Crippen molar-refractivity contribution in [1.82, 2.24) is 24.7 Å². The molecule has 9 nitrogen and oxygen atoms in total. The summed E-state index contributed by atoms with van der Waals surface area (Å²) >= 11 is 0. The molecule has 0 atom stereocenters. The summed E-state index contributed by atoms with van der Waals surface area (Å²) in [6, 6.07) is 9.02. The Kier molecular flexibility index (Phi) is 5.77. The standard InChI is InChI=1S/C22H24FN5O4S/c23-17-3-5-19-21(12-17)32-26-22(19)15-6-10-27(11-7-15)9-1-8-25-33(30,31)18-4-2-16-14-24-28(29)20(16)13-18/h2-5,12-15,25,29H,1,6-11H2. The molecule has 1 fully saturated rings. The Morgan fingerprint density at radius 1 is 1.18 bits per heavy atom. The topological polar surface area (TPSA) is 113 Å². The zero-order valence-electron chi connectivity index (χ0n) is 17.8. The third kappa shape index (κ3) is 4.43. The number of fused-ring (bicyclic) bond motifs is 2. The van der Waals surface area contributed by atoms with Gasteiger partial charge in [0.1, 0.15) is 11.3 Å². The van der Waals surface area contributed by atoms with Crippen LogP contribution in [0.15, 0.2) is 52.0 Å². The Bertz CT molecular complexity index is 1390.